The minimum Gasteiger partial charge on any atom is -0.497 e. The van der Waals surface area contributed by atoms with Crippen LogP contribution < -0.4 is 14.8 Å². The molecule has 1 aromatic carbocycles. The van der Waals surface area contributed by atoms with Gasteiger partial charge >= 0.3 is 12.0 Å². The maximum atomic E-state index is 13.0. The second-order valence-corrected chi connectivity index (χ2v) is 3.91. The lowest BCUT2D eigenvalue weighted by Crippen LogP contribution is -2.43. The van der Waals surface area contributed by atoms with Gasteiger partial charge in [-0.25, -0.2) is 0 Å². The van der Waals surface area contributed by atoms with Crippen molar-refractivity contribution in [3.63, 3.8) is 0 Å². The van der Waals surface area contributed by atoms with Crippen molar-refractivity contribution >= 4 is 27.5 Å². The third-order valence-electron chi connectivity index (χ3n) is 2.00. The molecule has 86 valence electrons. The molecule has 0 aromatic heterocycles. The molecule has 0 bridgehead atoms. The smallest absolute Gasteiger partial charge is 0.482 e. The maximum Gasteiger partial charge on any atom is 0.482 e. The zero-order chi connectivity index (χ0) is 11.9. The summed E-state index contributed by atoms with van der Waals surface area (Å²) in [5.41, 5.74) is 0.141. The third kappa shape index (κ3) is 1.71. The second-order valence-electron chi connectivity index (χ2n) is 3.06. The van der Waals surface area contributed by atoms with E-state index in [0.717, 1.165) is 0 Å². The Balaban J connectivity index is 2.51. The van der Waals surface area contributed by atoms with Gasteiger partial charge < -0.3 is 14.8 Å². The first-order chi connectivity index (χ1) is 7.44. The number of methoxy groups -OCH3 is 1. The number of fused-ring (bicyclic) bond motifs is 1. The fourth-order valence-electron chi connectivity index (χ4n) is 1.25. The molecule has 1 aliphatic heterocycles. The lowest BCUT2D eigenvalue weighted by molar-refractivity contribution is -0.189. The lowest BCUT2D eigenvalue weighted by atomic mass is 10.2. The molecule has 1 heterocycles. The molecule has 0 aliphatic carbocycles. The van der Waals surface area contributed by atoms with Gasteiger partial charge in [-0.2, -0.15) is 8.78 Å². The topological polar surface area (TPSA) is 47.6 Å². The summed E-state index contributed by atoms with van der Waals surface area (Å²) in [5, 5.41) is 2.04. The number of amides is 1. The van der Waals surface area contributed by atoms with Gasteiger partial charge in [0.15, 0.2) is 5.75 Å². The van der Waals surface area contributed by atoms with Crippen molar-refractivity contribution in [2.24, 2.45) is 0 Å². The van der Waals surface area contributed by atoms with Crippen molar-refractivity contribution in [2.45, 2.75) is 6.11 Å². The summed E-state index contributed by atoms with van der Waals surface area (Å²) in [6, 6.07) is 2.86. The van der Waals surface area contributed by atoms with Crippen molar-refractivity contribution in [1.82, 2.24) is 0 Å². The molecule has 7 heteroatoms. The Morgan fingerprint density at radius 2 is 2.19 bits per heavy atom. The lowest BCUT2D eigenvalue weighted by Gasteiger charge is -2.25. The number of hydrogen-bond acceptors (Lipinski definition) is 3. The molecule has 1 aliphatic rings. The fraction of sp³-hybridized carbons (Fsp3) is 0.222. The van der Waals surface area contributed by atoms with E-state index in [1.165, 1.54) is 19.2 Å². The van der Waals surface area contributed by atoms with E-state index >= 15 is 0 Å². The molecule has 0 unspecified atom stereocenters. The zero-order valence-electron chi connectivity index (χ0n) is 8.01. The van der Waals surface area contributed by atoms with Crippen LogP contribution in [0.25, 0.3) is 0 Å². The van der Waals surface area contributed by atoms with Crippen LogP contribution in [0.4, 0.5) is 14.5 Å². The van der Waals surface area contributed by atoms with E-state index in [-0.39, 0.29) is 15.9 Å². The van der Waals surface area contributed by atoms with Gasteiger partial charge in [0.25, 0.3) is 0 Å². The molecule has 1 N–H and O–H groups in total. The molecular weight excluding hydrogens is 288 g/mol. The minimum absolute atomic E-state index is 0.120. The van der Waals surface area contributed by atoms with Gasteiger partial charge in [0.05, 0.1) is 17.3 Å². The number of nitrogens with one attached hydrogen (secondary N) is 1. The predicted molar refractivity (Wildman–Crippen MR) is 54.9 cm³/mol. The summed E-state index contributed by atoms with van der Waals surface area (Å²) in [6.45, 7) is 0. The Bertz CT molecular complexity index is 464. The Morgan fingerprint density at radius 1 is 1.50 bits per heavy atom. The summed E-state index contributed by atoms with van der Waals surface area (Å²) in [7, 11) is 1.42. The summed E-state index contributed by atoms with van der Waals surface area (Å²) in [5.74, 6) is -1.20. The second kappa shape index (κ2) is 3.58. The quantitative estimate of drug-likeness (QED) is 0.865. The molecule has 16 heavy (non-hydrogen) atoms. The highest BCUT2D eigenvalue weighted by Crippen LogP contribution is 2.43. The van der Waals surface area contributed by atoms with Crippen molar-refractivity contribution in [1.29, 1.82) is 0 Å². The predicted octanol–water partition coefficient (Wildman–Crippen LogP) is 2.38. The van der Waals surface area contributed by atoms with Gasteiger partial charge in [0.2, 0.25) is 0 Å². The van der Waals surface area contributed by atoms with Crippen LogP contribution in [0.1, 0.15) is 0 Å². The van der Waals surface area contributed by atoms with Crippen LogP contribution in [0.2, 0.25) is 0 Å². The fourth-order valence-corrected chi connectivity index (χ4v) is 1.77. The van der Waals surface area contributed by atoms with E-state index in [9.17, 15) is 13.6 Å². The van der Waals surface area contributed by atoms with Gasteiger partial charge in [-0.3, -0.25) is 4.79 Å². The Kier molecular flexibility index (Phi) is 2.49. The Labute approximate surface area is 97.7 Å². The maximum absolute atomic E-state index is 13.0. The molecule has 4 nitrogen and oxygen atoms in total. The highest BCUT2D eigenvalue weighted by molar-refractivity contribution is 9.10. The standard InChI is InChI=1S/C9H6BrF2NO3/c1-15-4-2-5(10)7-6(3-4)13-8(14)9(11,12)16-7/h2-3H,1H3,(H,13,14). The van der Waals surface area contributed by atoms with Crippen LogP contribution in [-0.4, -0.2) is 19.1 Å². The summed E-state index contributed by atoms with van der Waals surface area (Å²) in [6.07, 6.45) is -3.86. The monoisotopic (exact) mass is 293 g/mol. The molecule has 0 atom stereocenters. The van der Waals surface area contributed by atoms with E-state index in [1.807, 2.05) is 5.32 Å². The molecule has 0 fully saturated rings. The first-order valence-electron chi connectivity index (χ1n) is 4.20. The SMILES string of the molecule is COc1cc(Br)c2c(c1)NC(=O)C(F)(F)O2. The van der Waals surface area contributed by atoms with Crippen LogP contribution in [0, 0.1) is 0 Å². The highest BCUT2D eigenvalue weighted by atomic mass is 79.9. The number of halogens is 3. The van der Waals surface area contributed by atoms with Gasteiger partial charge in [-0.1, -0.05) is 0 Å². The highest BCUT2D eigenvalue weighted by Gasteiger charge is 2.47. The van der Waals surface area contributed by atoms with Crippen molar-refractivity contribution < 1.29 is 23.0 Å². The van der Waals surface area contributed by atoms with Gasteiger partial charge in [-0.05, 0) is 22.0 Å². The largest absolute Gasteiger partial charge is 0.497 e. The van der Waals surface area contributed by atoms with Gasteiger partial charge in [-0.15, -0.1) is 0 Å². The molecule has 0 saturated carbocycles. The van der Waals surface area contributed by atoms with Crippen LogP contribution in [0.3, 0.4) is 0 Å². The van der Waals surface area contributed by atoms with E-state index in [1.54, 1.807) is 0 Å². The molecule has 0 spiro atoms. The van der Waals surface area contributed by atoms with E-state index in [0.29, 0.717) is 5.75 Å². The number of alkyl halides is 2. The average molecular weight is 294 g/mol. The van der Waals surface area contributed by atoms with Crippen LogP contribution >= 0.6 is 15.9 Å². The Hall–Kier alpha value is -1.37. The van der Waals surface area contributed by atoms with E-state index in [2.05, 4.69) is 20.7 Å². The Morgan fingerprint density at radius 3 is 2.81 bits per heavy atom. The minimum atomic E-state index is -3.86. The summed E-state index contributed by atoms with van der Waals surface area (Å²) in [4.78, 5) is 10.9. The van der Waals surface area contributed by atoms with Crippen molar-refractivity contribution in [2.75, 3.05) is 12.4 Å². The van der Waals surface area contributed by atoms with Gasteiger partial charge in [0, 0.05) is 6.07 Å². The third-order valence-corrected chi connectivity index (χ3v) is 2.58. The number of carbonyl (C=O) groups excluding carboxylic acids is 1. The number of anilines is 1. The summed E-state index contributed by atoms with van der Waals surface area (Å²) >= 11 is 3.06. The molecular formula is C9H6BrF2NO3. The average Bonchev–Trinajstić information content (AvgIpc) is 2.21. The van der Waals surface area contributed by atoms with Gasteiger partial charge in [0.1, 0.15) is 5.75 Å². The van der Waals surface area contributed by atoms with Crippen LogP contribution in [0.5, 0.6) is 11.5 Å². The number of carbonyl (C=O) groups is 1. The van der Waals surface area contributed by atoms with Crippen molar-refractivity contribution in [3.05, 3.63) is 16.6 Å². The summed E-state index contributed by atoms with van der Waals surface area (Å²) < 4.78 is 35.4. The van der Waals surface area contributed by atoms with E-state index < -0.39 is 12.0 Å². The van der Waals surface area contributed by atoms with Crippen molar-refractivity contribution in [3.8, 4) is 11.5 Å². The van der Waals surface area contributed by atoms with Crippen LogP contribution in [-0.2, 0) is 4.79 Å². The first-order valence-corrected chi connectivity index (χ1v) is 4.99. The normalized spacial score (nSPS) is 17.1. The molecule has 1 aromatic rings. The molecule has 0 saturated heterocycles. The number of benzene rings is 1. The van der Waals surface area contributed by atoms with Crippen LogP contribution in [0.15, 0.2) is 16.6 Å². The first kappa shape index (κ1) is 11.1. The number of rotatable bonds is 1. The molecule has 0 radical (unpaired) electrons. The molecule has 1 amide bonds. The molecule has 2 rings (SSSR count). The number of ether oxygens (including phenoxy) is 2. The number of hydrogen-bond donors (Lipinski definition) is 1. The van der Waals surface area contributed by atoms with E-state index in [4.69, 9.17) is 4.74 Å². The zero-order valence-corrected chi connectivity index (χ0v) is 9.60.